The summed E-state index contributed by atoms with van der Waals surface area (Å²) in [4.78, 5) is 4.55. The molecule has 0 saturated carbocycles. The van der Waals surface area contributed by atoms with Gasteiger partial charge in [0.05, 0.1) is 4.90 Å². The number of fused-ring (bicyclic) bond motifs is 2. The summed E-state index contributed by atoms with van der Waals surface area (Å²) in [7, 11) is -3.72. The third-order valence-electron chi connectivity index (χ3n) is 5.18. The van der Waals surface area contributed by atoms with Crippen molar-refractivity contribution >= 4 is 32.3 Å². The van der Waals surface area contributed by atoms with E-state index in [0.717, 1.165) is 21.3 Å². The van der Waals surface area contributed by atoms with Crippen LogP contribution >= 0.6 is 11.3 Å². The Labute approximate surface area is 178 Å². The van der Waals surface area contributed by atoms with Crippen molar-refractivity contribution in [2.24, 2.45) is 0 Å². The van der Waals surface area contributed by atoms with Crippen LogP contribution in [0.2, 0.25) is 0 Å². The second-order valence-electron chi connectivity index (χ2n) is 7.01. The van der Waals surface area contributed by atoms with E-state index in [4.69, 9.17) is 9.47 Å². The van der Waals surface area contributed by atoms with Crippen LogP contribution in [0, 0.1) is 0 Å². The predicted molar refractivity (Wildman–Crippen MR) is 117 cm³/mol. The first-order valence-corrected chi connectivity index (χ1v) is 12.0. The van der Waals surface area contributed by atoms with Gasteiger partial charge in [-0.25, -0.2) is 13.1 Å². The Balaban J connectivity index is 1.44. The Kier molecular flexibility index (Phi) is 4.98. The molecule has 0 spiro atoms. The first-order valence-electron chi connectivity index (χ1n) is 9.60. The Hall–Kier alpha value is -2.81. The number of para-hydroxylation sites is 1. The SMILES string of the molecule is O=S(=O)(NC[C@@H](c1cccs1)c1c[nH]c2ccccc12)c1ccc2c(c1)OCCO2. The molecule has 30 heavy (non-hydrogen) atoms. The van der Waals surface area contributed by atoms with E-state index in [1.165, 1.54) is 6.07 Å². The van der Waals surface area contributed by atoms with Gasteiger partial charge in [0, 0.05) is 40.5 Å². The number of H-pyrrole nitrogens is 1. The van der Waals surface area contributed by atoms with E-state index in [9.17, 15) is 8.42 Å². The molecule has 2 aromatic carbocycles. The third kappa shape index (κ3) is 3.58. The molecule has 4 aromatic rings. The van der Waals surface area contributed by atoms with Crippen LogP contribution in [0.5, 0.6) is 11.5 Å². The van der Waals surface area contributed by atoms with Crippen LogP contribution in [0.1, 0.15) is 16.4 Å². The molecule has 0 radical (unpaired) electrons. The van der Waals surface area contributed by atoms with Crippen molar-refractivity contribution in [1.82, 2.24) is 9.71 Å². The molecule has 0 unspecified atom stereocenters. The van der Waals surface area contributed by atoms with Crippen LogP contribution in [0.25, 0.3) is 10.9 Å². The zero-order chi connectivity index (χ0) is 20.6. The molecule has 0 saturated heterocycles. The lowest BCUT2D eigenvalue weighted by Gasteiger charge is -2.20. The van der Waals surface area contributed by atoms with E-state index < -0.39 is 10.0 Å². The topological polar surface area (TPSA) is 80.4 Å². The smallest absolute Gasteiger partial charge is 0.240 e. The number of thiophene rings is 1. The average Bonchev–Trinajstić information content (AvgIpc) is 3.45. The molecule has 1 aliphatic rings. The number of ether oxygens (including phenoxy) is 2. The fourth-order valence-electron chi connectivity index (χ4n) is 3.70. The van der Waals surface area contributed by atoms with Gasteiger partial charge in [0.15, 0.2) is 11.5 Å². The van der Waals surface area contributed by atoms with Crippen LogP contribution in [-0.2, 0) is 10.0 Å². The van der Waals surface area contributed by atoms with E-state index in [-0.39, 0.29) is 17.4 Å². The van der Waals surface area contributed by atoms with Gasteiger partial charge >= 0.3 is 0 Å². The summed E-state index contributed by atoms with van der Waals surface area (Å²) in [6.45, 7) is 1.12. The molecule has 0 amide bonds. The van der Waals surface area contributed by atoms with Gasteiger partial charge < -0.3 is 14.5 Å². The lowest BCUT2D eigenvalue weighted by molar-refractivity contribution is 0.171. The maximum absolute atomic E-state index is 13.0. The minimum Gasteiger partial charge on any atom is -0.486 e. The van der Waals surface area contributed by atoms with Crippen LogP contribution in [-0.4, -0.2) is 33.2 Å². The van der Waals surface area contributed by atoms with E-state index >= 15 is 0 Å². The Morgan fingerprint density at radius 1 is 1.03 bits per heavy atom. The highest BCUT2D eigenvalue weighted by Gasteiger charge is 2.24. The number of hydrogen-bond acceptors (Lipinski definition) is 5. The lowest BCUT2D eigenvalue weighted by atomic mass is 9.97. The van der Waals surface area contributed by atoms with Crippen LogP contribution in [0.4, 0.5) is 0 Å². The zero-order valence-electron chi connectivity index (χ0n) is 16.0. The second-order valence-corrected chi connectivity index (χ2v) is 9.76. The van der Waals surface area contributed by atoms with Crippen LogP contribution in [0.15, 0.2) is 71.1 Å². The molecule has 0 aliphatic carbocycles. The first-order chi connectivity index (χ1) is 14.6. The summed E-state index contributed by atoms with van der Waals surface area (Å²) in [5.74, 6) is 0.916. The fraction of sp³-hybridized carbons (Fsp3) is 0.182. The molecule has 6 nitrogen and oxygen atoms in total. The number of sulfonamides is 1. The second kappa shape index (κ2) is 7.79. The molecule has 5 rings (SSSR count). The summed E-state index contributed by atoms with van der Waals surface area (Å²) in [6.07, 6.45) is 1.97. The highest BCUT2D eigenvalue weighted by Crippen LogP contribution is 2.34. The highest BCUT2D eigenvalue weighted by atomic mass is 32.2. The molecule has 0 bridgehead atoms. The Morgan fingerprint density at radius 3 is 2.70 bits per heavy atom. The first kappa shape index (κ1) is 19.2. The number of nitrogens with one attached hydrogen (secondary N) is 2. The van der Waals surface area contributed by atoms with Crippen LogP contribution in [0.3, 0.4) is 0 Å². The monoisotopic (exact) mass is 440 g/mol. The summed E-state index contributed by atoms with van der Waals surface area (Å²) in [5.41, 5.74) is 2.10. The van der Waals surface area contributed by atoms with Crippen molar-refractivity contribution in [1.29, 1.82) is 0 Å². The van der Waals surface area contributed by atoms with Gasteiger partial charge in [0.2, 0.25) is 10.0 Å². The van der Waals surface area contributed by atoms with E-state index in [1.54, 1.807) is 23.5 Å². The maximum atomic E-state index is 13.0. The standard InChI is InChI=1S/C22H20N2O4S2/c25-30(26,15-7-8-20-21(12-15)28-10-9-27-20)24-14-18(22-6-3-11-29-22)17-13-23-19-5-2-1-4-16(17)19/h1-8,11-13,18,23-24H,9-10,14H2/t18-/m1/s1. The van der Waals surface area contributed by atoms with Gasteiger partial charge in [0.1, 0.15) is 13.2 Å². The highest BCUT2D eigenvalue weighted by molar-refractivity contribution is 7.89. The van der Waals surface area contributed by atoms with Crippen molar-refractivity contribution < 1.29 is 17.9 Å². The zero-order valence-corrected chi connectivity index (χ0v) is 17.6. The van der Waals surface area contributed by atoms with Crippen molar-refractivity contribution in [3.05, 3.63) is 76.6 Å². The fourth-order valence-corrected chi connectivity index (χ4v) is 5.61. The predicted octanol–water partition coefficient (Wildman–Crippen LogP) is 4.11. The van der Waals surface area contributed by atoms with E-state index in [2.05, 4.69) is 15.8 Å². The van der Waals surface area contributed by atoms with Gasteiger partial charge in [-0.2, -0.15) is 0 Å². The average molecular weight is 441 g/mol. The molecule has 2 N–H and O–H groups in total. The normalized spacial score (nSPS) is 14.7. The van der Waals surface area contributed by atoms with Crippen molar-refractivity contribution in [3.63, 3.8) is 0 Å². The minimum atomic E-state index is -3.72. The maximum Gasteiger partial charge on any atom is 0.240 e. The molecule has 3 heterocycles. The van der Waals surface area contributed by atoms with Gasteiger partial charge in [0.25, 0.3) is 0 Å². The van der Waals surface area contributed by atoms with Gasteiger partial charge in [-0.3, -0.25) is 0 Å². The number of benzene rings is 2. The molecule has 2 aromatic heterocycles. The number of aromatic amines is 1. The molecule has 8 heteroatoms. The number of hydrogen-bond donors (Lipinski definition) is 2. The Morgan fingerprint density at radius 2 is 1.87 bits per heavy atom. The summed E-state index contributed by atoms with van der Waals surface area (Å²) in [6, 6.07) is 16.8. The van der Waals surface area contributed by atoms with Crippen LogP contribution < -0.4 is 14.2 Å². The van der Waals surface area contributed by atoms with E-state index in [0.29, 0.717) is 24.7 Å². The summed E-state index contributed by atoms with van der Waals surface area (Å²) in [5, 5.41) is 3.10. The molecular weight excluding hydrogens is 420 g/mol. The van der Waals surface area contributed by atoms with Gasteiger partial charge in [-0.05, 0) is 35.2 Å². The number of aromatic nitrogens is 1. The lowest BCUT2D eigenvalue weighted by Crippen LogP contribution is -2.29. The van der Waals surface area contributed by atoms with Crippen molar-refractivity contribution in [2.45, 2.75) is 10.8 Å². The number of rotatable bonds is 6. The summed E-state index contributed by atoms with van der Waals surface area (Å²) < 4.78 is 39.8. The van der Waals surface area contributed by atoms with Gasteiger partial charge in [-0.1, -0.05) is 24.3 Å². The largest absolute Gasteiger partial charge is 0.486 e. The van der Waals surface area contributed by atoms with Gasteiger partial charge in [-0.15, -0.1) is 11.3 Å². The van der Waals surface area contributed by atoms with Crippen molar-refractivity contribution in [2.75, 3.05) is 19.8 Å². The van der Waals surface area contributed by atoms with E-state index in [1.807, 2.05) is 41.9 Å². The molecular formula is C22H20N2O4S2. The summed E-state index contributed by atoms with van der Waals surface area (Å²) >= 11 is 1.62. The molecule has 154 valence electrons. The Bertz CT molecular complexity index is 1280. The van der Waals surface area contributed by atoms with Crippen molar-refractivity contribution in [3.8, 4) is 11.5 Å². The third-order valence-corrected chi connectivity index (χ3v) is 7.59. The molecule has 0 fully saturated rings. The quantitative estimate of drug-likeness (QED) is 0.473. The minimum absolute atomic E-state index is 0.104. The molecule has 1 aliphatic heterocycles. The molecule has 1 atom stereocenters.